The quantitative estimate of drug-likeness (QED) is 0.522. The van der Waals surface area contributed by atoms with Gasteiger partial charge in [-0.15, -0.1) is 0 Å². The van der Waals surface area contributed by atoms with Crippen molar-refractivity contribution in [2.24, 2.45) is 0 Å². The highest BCUT2D eigenvalue weighted by Crippen LogP contribution is 2.35. The number of nitrogens with one attached hydrogen (secondary N) is 1. The molecule has 10 nitrogen and oxygen atoms in total. The zero-order chi connectivity index (χ0) is 25.2. The van der Waals surface area contributed by atoms with Crippen molar-refractivity contribution in [3.8, 4) is 0 Å². The van der Waals surface area contributed by atoms with Crippen molar-refractivity contribution in [1.29, 1.82) is 0 Å². The van der Waals surface area contributed by atoms with Crippen molar-refractivity contribution in [1.82, 2.24) is 15.0 Å². The first kappa shape index (κ1) is 24.3. The minimum absolute atomic E-state index is 0.267. The van der Waals surface area contributed by atoms with Crippen LogP contribution >= 0.6 is 11.3 Å². The predicted molar refractivity (Wildman–Crippen MR) is 146 cm³/mol. The number of anilines is 4. The van der Waals surface area contributed by atoms with Gasteiger partial charge in [0.25, 0.3) is 5.91 Å². The third-order valence-corrected chi connectivity index (χ3v) is 8.28. The first-order valence-corrected chi connectivity index (χ1v) is 14.1. The Bertz CT molecular complexity index is 1260. The Balaban J connectivity index is 1.29. The number of morpholine rings is 1. The lowest BCUT2D eigenvalue weighted by Crippen LogP contribution is -2.38. The molecular weight excluding hydrogens is 490 g/mol. The Morgan fingerprint density at radius 3 is 2.59 bits per heavy atom. The first-order valence-electron chi connectivity index (χ1n) is 13.2. The Labute approximate surface area is 220 Å². The average Bonchev–Trinajstić information content (AvgIpc) is 3.37. The number of amides is 1. The zero-order valence-corrected chi connectivity index (χ0v) is 21.8. The van der Waals surface area contributed by atoms with Gasteiger partial charge in [0.15, 0.2) is 16.6 Å². The molecule has 2 N–H and O–H groups in total. The van der Waals surface area contributed by atoms with Crippen molar-refractivity contribution in [2.75, 3.05) is 72.5 Å². The number of carbonyl (C=O) groups is 1. The number of β-amino-alcohol motifs (C(OH)–C–C–N with tert-alkyl or cyclic N) is 1. The molecule has 3 saturated heterocycles. The highest BCUT2D eigenvalue weighted by molar-refractivity contribution is 7.22. The minimum Gasteiger partial charge on any atom is -0.391 e. The molecule has 196 valence electrons. The summed E-state index contributed by atoms with van der Waals surface area (Å²) in [5.74, 6) is 1.22. The van der Waals surface area contributed by atoms with Crippen LogP contribution in [0.25, 0.3) is 10.3 Å². The number of pyridine rings is 2. The van der Waals surface area contributed by atoms with Gasteiger partial charge >= 0.3 is 0 Å². The monoisotopic (exact) mass is 523 g/mol. The van der Waals surface area contributed by atoms with Gasteiger partial charge in [0, 0.05) is 39.3 Å². The van der Waals surface area contributed by atoms with E-state index in [0.29, 0.717) is 42.6 Å². The van der Waals surface area contributed by atoms with Crippen LogP contribution in [-0.4, -0.2) is 84.6 Å². The van der Waals surface area contributed by atoms with Crippen LogP contribution in [0.15, 0.2) is 24.3 Å². The van der Waals surface area contributed by atoms with Crippen LogP contribution in [0.3, 0.4) is 0 Å². The zero-order valence-electron chi connectivity index (χ0n) is 20.9. The van der Waals surface area contributed by atoms with Gasteiger partial charge in [0.05, 0.1) is 29.7 Å². The van der Waals surface area contributed by atoms with Gasteiger partial charge < -0.3 is 29.9 Å². The van der Waals surface area contributed by atoms with Gasteiger partial charge in [-0.25, -0.2) is 9.97 Å². The lowest BCUT2D eigenvalue weighted by atomic mass is 10.1. The van der Waals surface area contributed by atoms with E-state index in [4.69, 9.17) is 14.7 Å². The van der Waals surface area contributed by atoms with E-state index in [-0.39, 0.29) is 12.0 Å². The summed E-state index contributed by atoms with van der Waals surface area (Å²) in [6, 6.07) is 7.49. The highest BCUT2D eigenvalue weighted by Gasteiger charge is 2.24. The van der Waals surface area contributed by atoms with Gasteiger partial charge in [-0.3, -0.25) is 4.79 Å². The molecule has 0 saturated carbocycles. The van der Waals surface area contributed by atoms with Gasteiger partial charge in [0.1, 0.15) is 11.5 Å². The highest BCUT2D eigenvalue weighted by atomic mass is 32.1. The molecule has 3 aliphatic rings. The average molecular weight is 524 g/mol. The molecule has 1 amide bonds. The first-order chi connectivity index (χ1) is 18.1. The minimum atomic E-state index is -0.361. The molecule has 0 aliphatic carbocycles. The Morgan fingerprint density at radius 1 is 0.973 bits per heavy atom. The number of hydrogen-bond donors (Lipinski definition) is 2. The van der Waals surface area contributed by atoms with Crippen molar-refractivity contribution >= 4 is 50.0 Å². The topological polar surface area (TPSA) is 107 Å². The number of rotatable bonds is 5. The van der Waals surface area contributed by atoms with Gasteiger partial charge in [0.2, 0.25) is 0 Å². The van der Waals surface area contributed by atoms with Crippen LogP contribution in [0.4, 0.5) is 22.5 Å². The summed E-state index contributed by atoms with van der Waals surface area (Å²) in [5, 5.41) is 14.1. The number of nitrogens with zero attached hydrogens (tertiary/aromatic N) is 6. The third-order valence-electron chi connectivity index (χ3n) is 7.22. The van der Waals surface area contributed by atoms with Crippen LogP contribution in [0.1, 0.15) is 42.6 Å². The molecule has 3 aliphatic heterocycles. The van der Waals surface area contributed by atoms with Crippen LogP contribution in [0, 0.1) is 0 Å². The lowest BCUT2D eigenvalue weighted by molar-refractivity contribution is 0.102. The van der Waals surface area contributed by atoms with Gasteiger partial charge in [-0.05, 0) is 50.3 Å². The Hall–Kier alpha value is -3.02. The number of hydrogen-bond acceptors (Lipinski definition) is 10. The summed E-state index contributed by atoms with van der Waals surface area (Å²) in [6.07, 6.45) is 4.77. The summed E-state index contributed by atoms with van der Waals surface area (Å²) >= 11 is 1.60. The van der Waals surface area contributed by atoms with E-state index in [9.17, 15) is 9.90 Å². The van der Waals surface area contributed by atoms with Gasteiger partial charge in [-0.1, -0.05) is 17.4 Å². The standard InChI is InChI=1S/C26H33N7O3S/c34-18-6-5-11-33(17-18)22-8-4-7-19(27-22)25(35)28-20-16-21-23(29-24(20)31-9-2-1-3-10-31)30-26(37-21)32-12-14-36-15-13-32/h4,7-8,16,18,34H,1-3,5-6,9-15,17H2,(H,28,35)/t18-/m1/s1. The molecular formula is C26H33N7O3S. The maximum Gasteiger partial charge on any atom is 0.274 e. The number of fused-ring (bicyclic) bond motifs is 1. The second-order valence-corrected chi connectivity index (χ2v) is 10.9. The second-order valence-electron chi connectivity index (χ2n) is 9.90. The summed E-state index contributed by atoms with van der Waals surface area (Å²) < 4.78 is 6.44. The largest absolute Gasteiger partial charge is 0.391 e. The number of thiazole rings is 1. The smallest absolute Gasteiger partial charge is 0.274 e. The molecule has 6 heterocycles. The number of aliphatic hydroxyl groups is 1. The maximum atomic E-state index is 13.4. The normalized spacial score (nSPS) is 20.9. The lowest BCUT2D eigenvalue weighted by Gasteiger charge is -2.31. The van der Waals surface area contributed by atoms with E-state index in [1.54, 1.807) is 17.4 Å². The number of piperidine rings is 2. The number of carbonyl (C=O) groups excluding carboxylic acids is 1. The molecule has 0 radical (unpaired) electrons. The van der Waals surface area contributed by atoms with Crippen molar-refractivity contribution in [3.63, 3.8) is 0 Å². The molecule has 0 spiro atoms. The molecule has 0 unspecified atom stereocenters. The van der Waals surface area contributed by atoms with Crippen molar-refractivity contribution in [3.05, 3.63) is 30.0 Å². The fraction of sp³-hybridized carbons (Fsp3) is 0.538. The fourth-order valence-corrected chi connectivity index (χ4v) is 6.25. The predicted octanol–water partition coefficient (Wildman–Crippen LogP) is 3.13. The van der Waals surface area contributed by atoms with Crippen molar-refractivity contribution < 1.29 is 14.6 Å². The molecule has 0 bridgehead atoms. The SMILES string of the molecule is O=C(Nc1cc2sc(N3CCOCC3)nc2nc1N1CCCCC1)c1cccc(N2CCC[C@@H](O)C2)n1. The molecule has 1 atom stereocenters. The summed E-state index contributed by atoms with van der Waals surface area (Å²) in [6.45, 7) is 6.22. The van der Waals surface area contributed by atoms with E-state index in [2.05, 4.69) is 20.1 Å². The number of aliphatic hydroxyl groups excluding tert-OH is 1. The maximum absolute atomic E-state index is 13.4. The van der Waals surface area contributed by atoms with Crippen LogP contribution < -0.4 is 20.0 Å². The summed E-state index contributed by atoms with van der Waals surface area (Å²) in [4.78, 5) is 34.4. The Morgan fingerprint density at radius 2 is 1.78 bits per heavy atom. The molecule has 6 rings (SSSR count). The number of aromatic nitrogens is 3. The second kappa shape index (κ2) is 10.8. The van der Waals surface area contributed by atoms with E-state index in [1.807, 2.05) is 23.1 Å². The van der Waals surface area contributed by atoms with E-state index in [1.165, 1.54) is 6.42 Å². The fourth-order valence-electron chi connectivity index (χ4n) is 5.25. The molecule has 37 heavy (non-hydrogen) atoms. The van der Waals surface area contributed by atoms with E-state index in [0.717, 1.165) is 74.1 Å². The molecule has 3 fully saturated rings. The third kappa shape index (κ3) is 5.34. The van der Waals surface area contributed by atoms with E-state index >= 15 is 0 Å². The molecule has 3 aromatic heterocycles. The van der Waals surface area contributed by atoms with Crippen LogP contribution in [0.5, 0.6) is 0 Å². The number of ether oxygens (including phenoxy) is 1. The molecule has 3 aromatic rings. The van der Waals surface area contributed by atoms with Crippen LogP contribution in [-0.2, 0) is 4.74 Å². The molecule has 11 heteroatoms. The summed E-state index contributed by atoms with van der Waals surface area (Å²) in [7, 11) is 0. The van der Waals surface area contributed by atoms with Crippen LogP contribution in [0.2, 0.25) is 0 Å². The molecule has 0 aromatic carbocycles. The summed E-state index contributed by atoms with van der Waals surface area (Å²) in [5.41, 5.74) is 1.76. The van der Waals surface area contributed by atoms with Crippen molar-refractivity contribution in [2.45, 2.75) is 38.2 Å². The van der Waals surface area contributed by atoms with E-state index < -0.39 is 0 Å². The van der Waals surface area contributed by atoms with Gasteiger partial charge in [-0.2, -0.15) is 4.98 Å². The Kier molecular flexibility index (Phi) is 7.08.